The van der Waals surface area contributed by atoms with Crippen LogP contribution in [0.2, 0.25) is 5.02 Å². The van der Waals surface area contributed by atoms with Crippen molar-refractivity contribution in [2.24, 2.45) is 0 Å². The molecule has 1 amide bonds. The predicted octanol–water partition coefficient (Wildman–Crippen LogP) is 7.52. The number of carbonyl (C=O) groups excluding carboxylic acids is 1. The van der Waals surface area contributed by atoms with Gasteiger partial charge in [0.1, 0.15) is 17.2 Å². The normalized spacial score (nSPS) is 10.4. The molecule has 0 unspecified atom stereocenters. The van der Waals surface area contributed by atoms with Crippen molar-refractivity contribution in [1.82, 2.24) is 0 Å². The summed E-state index contributed by atoms with van der Waals surface area (Å²) in [5.41, 5.74) is 2.71. The Morgan fingerprint density at radius 1 is 0.824 bits per heavy atom. The molecule has 0 atom stereocenters. The lowest BCUT2D eigenvalue weighted by Crippen LogP contribution is -2.20. The summed E-state index contributed by atoms with van der Waals surface area (Å²) in [4.78, 5) is 12.1. The van der Waals surface area contributed by atoms with E-state index in [1.54, 1.807) is 24.3 Å². The Labute approximate surface area is 211 Å². The van der Waals surface area contributed by atoms with Crippen molar-refractivity contribution in [2.75, 3.05) is 17.2 Å². The highest BCUT2D eigenvalue weighted by Gasteiger charge is 2.08. The van der Waals surface area contributed by atoms with Gasteiger partial charge in [-0.25, -0.2) is 0 Å². The SMILES string of the molecule is O=C(COc1ccc(CNc2ccc(Oc3ccccc3)cc2)cc1Br)Nc1ccc(Cl)cc1. The van der Waals surface area contributed by atoms with Crippen LogP contribution in [0, 0.1) is 0 Å². The fraction of sp³-hybridized carbons (Fsp3) is 0.0741. The van der Waals surface area contributed by atoms with E-state index < -0.39 is 0 Å². The first-order valence-electron chi connectivity index (χ1n) is 10.6. The second-order valence-electron chi connectivity index (χ2n) is 7.40. The first kappa shape index (κ1) is 23.7. The van der Waals surface area contributed by atoms with Crippen molar-refractivity contribution in [3.8, 4) is 17.2 Å². The maximum Gasteiger partial charge on any atom is 0.262 e. The summed E-state index contributed by atoms with van der Waals surface area (Å²) in [5.74, 6) is 1.93. The van der Waals surface area contributed by atoms with E-state index in [9.17, 15) is 4.79 Å². The van der Waals surface area contributed by atoms with Crippen LogP contribution < -0.4 is 20.1 Å². The van der Waals surface area contributed by atoms with Crippen molar-refractivity contribution < 1.29 is 14.3 Å². The molecule has 0 aliphatic carbocycles. The van der Waals surface area contributed by atoms with Gasteiger partial charge in [-0.3, -0.25) is 4.79 Å². The first-order chi connectivity index (χ1) is 16.5. The molecule has 4 aromatic rings. The molecule has 2 N–H and O–H groups in total. The van der Waals surface area contributed by atoms with Crippen LogP contribution in [0.3, 0.4) is 0 Å². The molecule has 172 valence electrons. The van der Waals surface area contributed by atoms with E-state index in [4.69, 9.17) is 21.1 Å². The smallest absolute Gasteiger partial charge is 0.262 e. The Morgan fingerprint density at radius 2 is 1.50 bits per heavy atom. The van der Waals surface area contributed by atoms with Crippen molar-refractivity contribution >= 4 is 44.8 Å². The number of hydrogen-bond acceptors (Lipinski definition) is 4. The van der Waals surface area contributed by atoms with Crippen LogP contribution in [0.4, 0.5) is 11.4 Å². The maximum absolute atomic E-state index is 12.1. The molecule has 0 fully saturated rings. The minimum absolute atomic E-state index is 0.101. The monoisotopic (exact) mass is 536 g/mol. The minimum atomic E-state index is -0.250. The Hall–Kier alpha value is -3.48. The number of hydrogen-bond donors (Lipinski definition) is 2. The third-order valence-corrected chi connectivity index (χ3v) is 5.68. The van der Waals surface area contributed by atoms with Crippen molar-refractivity contribution in [2.45, 2.75) is 6.54 Å². The topological polar surface area (TPSA) is 59.6 Å². The van der Waals surface area contributed by atoms with Crippen molar-refractivity contribution in [1.29, 1.82) is 0 Å². The van der Waals surface area contributed by atoms with Crippen molar-refractivity contribution in [3.05, 3.63) is 112 Å². The zero-order valence-electron chi connectivity index (χ0n) is 18.1. The number of anilines is 2. The summed E-state index contributed by atoms with van der Waals surface area (Å²) in [6, 6.07) is 30.2. The summed E-state index contributed by atoms with van der Waals surface area (Å²) >= 11 is 9.38. The highest BCUT2D eigenvalue weighted by atomic mass is 79.9. The van der Waals surface area contributed by atoms with Gasteiger partial charge in [0.25, 0.3) is 5.91 Å². The molecule has 34 heavy (non-hydrogen) atoms. The average molecular weight is 538 g/mol. The molecule has 0 aliphatic heterocycles. The van der Waals surface area contributed by atoms with E-state index in [1.165, 1.54) is 0 Å². The maximum atomic E-state index is 12.1. The van der Waals surface area contributed by atoms with Crippen LogP contribution in [-0.4, -0.2) is 12.5 Å². The zero-order valence-corrected chi connectivity index (χ0v) is 20.5. The summed E-state index contributed by atoms with van der Waals surface area (Å²) < 4.78 is 12.3. The van der Waals surface area contributed by atoms with Crippen molar-refractivity contribution in [3.63, 3.8) is 0 Å². The largest absolute Gasteiger partial charge is 0.483 e. The molecule has 0 bridgehead atoms. The lowest BCUT2D eigenvalue weighted by atomic mass is 10.2. The highest BCUT2D eigenvalue weighted by molar-refractivity contribution is 9.10. The average Bonchev–Trinajstić information content (AvgIpc) is 2.85. The first-order valence-corrected chi connectivity index (χ1v) is 11.8. The summed E-state index contributed by atoms with van der Waals surface area (Å²) in [6.45, 7) is 0.533. The van der Waals surface area contributed by atoms with Crippen LogP contribution in [0.1, 0.15) is 5.56 Å². The van der Waals surface area contributed by atoms with Gasteiger partial charge in [0.2, 0.25) is 0 Å². The van der Waals surface area contributed by atoms with Gasteiger partial charge in [-0.15, -0.1) is 0 Å². The lowest BCUT2D eigenvalue weighted by molar-refractivity contribution is -0.118. The van der Waals surface area contributed by atoms with E-state index >= 15 is 0 Å². The standard InChI is InChI=1S/C27H22BrClN2O3/c28-25-16-19(6-15-26(25)33-18-27(32)31-22-9-7-20(29)8-10-22)17-30-21-11-13-24(14-12-21)34-23-4-2-1-3-5-23/h1-16,30H,17-18H2,(H,31,32). The Bertz CT molecular complexity index is 1230. The van der Waals surface area contributed by atoms with E-state index in [2.05, 4.69) is 26.6 Å². The number of para-hydroxylation sites is 1. The molecule has 0 saturated heterocycles. The van der Waals surface area contributed by atoms with Crippen LogP contribution in [-0.2, 0) is 11.3 Å². The summed E-state index contributed by atoms with van der Waals surface area (Å²) in [6.07, 6.45) is 0. The van der Waals surface area contributed by atoms with E-state index in [0.717, 1.165) is 27.2 Å². The predicted molar refractivity (Wildman–Crippen MR) is 140 cm³/mol. The van der Waals surface area contributed by atoms with Crippen LogP contribution in [0.5, 0.6) is 17.2 Å². The van der Waals surface area contributed by atoms with Crippen LogP contribution >= 0.6 is 27.5 Å². The molecular formula is C27H22BrClN2O3. The fourth-order valence-corrected chi connectivity index (χ4v) is 3.78. The number of carbonyl (C=O) groups is 1. The molecule has 0 spiro atoms. The zero-order chi connectivity index (χ0) is 23.8. The Balaban J connectivity index is 1.25. The van der Waals surface area contributed by atoms with E-state index in [0.29, 0.717) is 23.0 Å². The van der Waals surface area contributed by atoms with Gasteiger partial charge in [0.05, 0.1) is 4.47 Å². The molecule has 4 rings (SSSR count). The Morgan fingerprint density at radius 3 is 2.21 bits per heavy atom. The molecule has 0 aliphatic rings. The molecule has 0 radical (unpaired) electrons. The van der Waals surface area contributed by atoms with Gasteiger partial charge in [-0.05, 0) is 94.3 Å². The summed E-state index contributed by atoms with van der Waals surface area (Å²) in [5, 5.41) is 6.77. The van der Waals surface area contributed by atoms with Gasteiger partial charge in [0.15, 0.2) is 6.61 Å². The number of amides is 1. The minimum Gasteiger partial charge on any atom is -0.483 e. The fourth-order valence-electron chi connectivity index (χ4n) is 3.11. The molecule has 4 aromatic carbocycles. The molecule has 5 nitrogen and oxygen atoms in total. The Kier molecular flexibility index (Phi) is 8.07. The summed E-state index contributed by atoms with van der Waals surface area (Å²) in [7, 11) is 0. The van der Waals surface area contributed by atoms with Gasteiger partial charge in [-0.2, -0.15) is 0 Å². The number of nitrogens with one attached hydrogen (secondary N) is 2. The number of rotatable bonds is 9. The molecule has 0 heterocycles. The quantitative estimate of drug-likeness (QED) is 0.232. The second kappa shape index (κ2) is 11.6. The molecular weight excluding hydrogens is 516 g/mol. The number of benzene rings is 4. The lowest BCUT2D eigenvalue weighted by Gasteiger charge is -2.12. The van der Waals surface area contributed by atoms with Gasteiger partial charge < -0.3 is 20.1 Å². The molecule has 0 saturated carbocycles. The molecule has 0 aromatic heterocycles. The second-order valence-corrected chi connectivity index (χ2v) is 8.69. The third-order valence-electron chi connectivity index (χ3n) is 4.81. The molecule has 7 heteroatoms. The number of halogens is 2. The number of ether oxygens (including phenoxy) is 2. The van der Waals surface area contributed by atoms with Crippen LogP contribution in [0.15, 0.2) is 102 Å². The highest BCUT2D eigenvalue weighted by Crippen LogP contribution is 2.27. The van der Waals surface area contributed by atoms with Crippen LogP contribution in [0.25, 0.3) is 0 Å². The van der Waals surface area contributed by atoms with Gasteiger partial charge >= 0.3 is 0 Å². The third kappa shape index (κ3) is 7.01. The van der Waals surface area contributed by atoms with Gasteiger partial charge in [0, 0.05) is 22.9 Å². The van der Waals surface area contributed by atoms with E-state index in [1.807, 2.05) is 72.8 Å². The van der Waals surface area contributed by atoms with E-state index in [-0.39, 0.29) is 12.5 Å². The van der Waals surface area contributed by atoms with Gasteiger partial charge in [-0.1, -0.05) is 35.9 Å².